The monoisotopic (exact) mass is 1770 g/mol. The fourth-order valence-corrected chi connectivity index (χ4v) is 17.5. The quantitative estimate of drug-likeness (QED) is 0.0106. The van der Waals surface area contributed by atoms with E-state index in [1.54, 1.807) is 58.7 Å². The molecule has 2 amide bonds. The predicted octanol–water partition coefficient (Wildman–Crippen LogP) is 8.75. The van der Waals surface area contributed by atoms with Gasteiger partial charge in [-0.05, 0) is 162 Å². The second-order valence-electron chi connectivity index (χ2n) is 34.3. The number of amides is 2. The van der Waals surface area contributed by atoms with Gasteiger partial charge in [-0.2, -0.15) is 10.1 Å². The second kappa shape index (κ2) is 49.1. The van der Waals surface area contributed by atoms with Crippen molar-refractivity contribution in [1.82, 2.24) is 49.5 Å². The van der Waals surface area contributed by atoms with E-state index in [2.05, 4.69) is 43.5 Å². The number of unbranched alkanes of at least 4 members (excludes halogenated alkanes) is 1. The van der Waals surface area contributed by atoms with Gasteiger partial charge < -0.3 is 98.5 Å². The molecule has 11 rings (SSSR count). The Morgan fingerprint density at radius 2 is 1.47 bits per heavy atom. The summed E-state index contributed by atoms with van der Waals surface area (Å²) in [6, 6.07) is 9.84. The van der Waals surface area contributed by atoms with Crippen LogP contribution in [-0.4, -0.2) is 276 Å². The lowest BCUT2D eigenvalue weighted by atomic mass is 9.80. The first-order chi connectivity index (χ1) is 61.3. The number of piperidine rings is 1. The van der Waals surface area contributed by atoms with E-state index in [0.29, 0.717) is 215 Å². The molecular weight excluding hydrogens is 1640 g/mol. The van der Waals surface area contributed by atoms with Crippen LogP contribution in [0.2, 0.25) is 0 Å². The average Bonchev–Trinajstić information content (AvgIpc) is 1.75. The molecule has 5 aliphatic rings. The molecular formula is C93H133N13O21. The number of Topliss-reactive ketones (excluding diaryl/α,β-unsaturated/α-hetero) is 3. The topological polar surface area (TPSA) is 439 Å². The number of aliphatic hydroxyl groups is 2. The van der Waals surface area contributed by atoms with Crippen molar-refractivity contribution >= 4 is 69.1 Å². The van der Waals surface area contributed by atoms with E-state index < -0.39 is 83.8 Å². The van der Waals surface area contributed by atoms with Crippen molar-refractivity contribution < 1.29 is 100 Å². The summed E-state index contributed by atoms with van der Waals surface area (Å²) in [5, 5.41) is 38.0. The maximum atomic E-state index is 14.7. The first kappa shape index (κ1) is 98.6. The Morgan fingerprint density at radius 3 is 2.20 bits per heavy atom. The maximum Gasteiger partial charge on any atom is 0.329 e. The highest BCUT2D eigenvalue weighted by atomic mass is 16.6. The molecule has 0 unspecified atom stereocenters. The molecule has 4 aromatic heterocycles. The Hall–Kier alpha value is -8.98. The highest BCUT2D eigenvalue weighted by molar-refractivity contribution is 6.39. The number of carbonyl (C=O) groups is 6. The molecule has 0 spiro atoms. The summed E-state index contributed by atoms with van der Waals surface area (Å²) in [7, 11) is 4.59. The first-order valence-corrected chi connectivity index (χ1v) is 45.1. The van der Waals surface area contributed by atoms with E-state index in [-0.39, 0.29) is 79.8 Å². The standard InChI is InChI=1S/C93H133N13O21/c1-59-17-11-10-12-18-60(2)78(115-7)53-71-26-21-64(6)93(114,127-71)87(111)90(112)105-31-15-13-20-74(105)91(113)125-79(54-75(107)61(3)48-63(5)85(110)86(117-9)84(109)62(4)47-59)72(94)50-65-23-27-77(80(51-65)116-8)124-34-16-14-19-70-57-104(102-100-70)33-36-119-38-40-121-42-44-123-46-45-122-43-41-120-39-37-118-35-30-81(108)103-32-29-67-49-66(22-24-69(67)56-103)55-106-89-82(88(95)97-58-98-89)83(101-106)68-25-28-76-73(52-68)99-92(96)126-76/h10-12,17-18,22,24-25,28,48-49,52,57-59,61-62,64-65,71-72,74,77-80,85-86,110,114H,13-16,19-21,23,26-27,29-47,50-51,53-56,94H2,1-9H3,(H2,96,99)(H2,95,97,98)/b12-10+,17-11+,60-18+,63-48+/t59-,61-,62-,64-,65+,71+,72-,74+,77-,78+,79+,80-,85-,86+,93-/m1/s1. The van der Waals surface area contributed by atoms with Gasteiger partial charge in [0, 0.05) is 96.0 Å². The van der Waals surface area contributed by atoms with Crippen molar-refractivity contribution in [1.29, 1.82) is 0 Å². The third-order valence-electron chi connectivity index (χ3n) is 24.9. The van der Waals surface area contributed by atoms with Gasteiger partial charge in [0.05, 0.1) is 134 Å². The predicted molar refractivity (Wildman–Crippen MR) is 472 cm³/mol. The minimum absolute atomic E-state index is 0.0155. The van der Waals surface area contributed by atoms with E-state index >= 15 is 0 Å². The van der Waals surface area contributed by atoms with Crippen LogP contribution in [0.15, 0.2) is 101 Å². The summed E-state index contributed by atoms with van der Waals surface area (Å²) in [6.45, 7) is 18.2. The summed E-state index contributed by atoms with van der Waals surface area (Å²) >= 11 is 0. The van der Waals surface area contributed by atoms with Crippen LogP contribution in [0.4, 0.5) is 11.8 Å². The number of oxazole rings is 1. The number of hydrogen-bond donors (Lipinski definition) is 5. The summed E-state index contributed by atoms with van der Waals surface area (Å²) in [4.78, 5) is 101. The van der Waals surface area contributed by atoms with Crippen molar-refractivity contribution in [3.05, 3.63) is 119 Å². The van der Waals surface area contributed by atoms with Gasteiger partial charge in [-0.1, -0.05) is 87.6 Å². The van der Waals surface area contributed by atoms with Crippen LogP contribution >= 0.6 is 0 Å². The Labute approximate surface area is 743 Å². The molecule has 2 aromatic carbocycles. The molecule has 8 heterocycles. The highest BCUT2D eigenvalue weighted by Gasteiger charge is 2.53. The fraction of sp³-hybridized carbons (Fsp3) is 0.634. The zero-order valence-electron chi connectivity index (χ0n) is 75.3. The van der Waals surface area contributed by atoms with Crippen LogP contribution in [0.1, 0.15) is 160 Å². The highest BCUT2D eigenvalue weighted by Crippen LogP contribution is 2.39. The van der Waals surface area contributed by atoms with E-state index in [0.717, 1.165) is 47.2 Å². The Bertz CT molecular complexity index is 4700. The van der Waals surface area contributed by atoms with Crippen LogP contribution in [-0.2, 0) is 118 Å². The number of aromatic nitrogens is 8. The molecule has 2 bridgehead atoms. The molecule has 127 heavy (non-hydrogen) atoms. The maximum absolute atomic E-state index is 14.7. The van der Waals surface area contributed by atoms with Crippen LogP contribution in [0.5, 0.6) is 0 Å². The number of methoxy groups -OCH3 is 3. The number of esters is 1. The molecule has 34 nitrogen and oxygen atoms in total. The van der Waals surface area contributed by atoms with E-state index in [1.165, 1.54) is 23.9 Å². The molecule has 34 heteroatoms. The number of benzene rings is 2. The summed E-state index contributed by atoms with van der Waals surface area (Å²) in [5.74, 6) is -7.92. The average molecular weight is 1770 g/mol. The number of fused-ring (bicyclic) bond motifs is 6. The third-order valence-corrected chi connectivity index (χ3v) is 24.9. The van der Waals surface area contributed by atoms with Gasteiger partial charge in [0.2, 0.25) is 11.7 Å². The molecule has 6 aromatic rings. The normalized spacial score (nSPS) is 27.1. The molecule has 1 saturated carbocycles. The number of anilines is 2. The lowest BCUT2D eigenvalue weighted by molar-refractivity contribution is -0.265. The number of ether oxygens (including phenoxy) is 12. The number of aryl methyl sites for hydroxylation is 1. The van der Waals surface area contributed by atoms with Crippen LogP contribution < -0.4 is 17.2 Å². The van der Waals surface area contributed by atoms with E-state index in [1.807, 2.05) is 72.1 Å². The minimum atomic E-state index is -2.48. The number of nitrogen functional groups attached to an aromatic ring is 2. The molecule has 4 aliphatic heterocycles. The van der Waals surface area contributed by atoms with Crippen molar-refractivity contribution in [2.24, 2.45) is 35.3 Å². The van der Waals surface area contributed by atoms with Crippen molar-refractivity contribution in [2.45, 2.75) is 231 Å². The number of nitrogens with two attached hydrogens (primary N) is 3. The Kier molecular flexibility index (Phi) is 38.2. The van der Waals surface area contributed by atoms with Crippen molar-refractivity contribution in [3.63, 3.8) is 0 Å². The number of hydrogen-bond acceptors (Lipinski definition) is 30. The van der Waals surface area contributed by atoms with Gasteiger partial charge in [0.15, 0.2) is 17.0 Å². The number of aliphatic hydroxyl groups excluding tert-OH is 1. The van der Waals surface area contributed by atoms with Crippen LogP contribution in [0.3, 0.4) is 0 Å². The lowest BCUT2D eigenvalue weighted by Crippen LogP contribution is -2.61. The van der Waals surface area contributed by atoms with Gasteiger partial charge in [0.25, 0.3) is 17.7 Å². The van der Waals surface area contributed by atoms with Gasteiger partial charge >= 0.3 is 5.97 Å². The number of rotatable bonds is 36. The van der Waals surface area contributed by atoms with Gasteiger partial charge in [-0.15, -0.1) is 5.10 Å². The number of allylic oxidation sites excluding steroid dienone is 6. The van der Waals surface area contributed by atoms with E-state index in [9.17, 15) is 39.0 Å². The van der Waals surface area contributed by atoms with Crippen molar-refractivity contribution in [3.8, 4) is 11.3 Å². The molecule has 3 fully saturated rings. The number of ketones is 3. The summed E-state index contributed by atoms with van der Waals surface area (Å²) in [6.07, 6.45) is 17.3. The molecule has 8 N–H and O–H groups in total. The molecule has 0 radical (unpaired) electrons. The minimum Gasteiger partial charge on any atom is -0.459 e. The molecule has 15 atom stereocenters. The summed E-state index contributed by atoms with van der Waals surface area (Å²) in [5.41, 5.74) is 27.9. The second-order valence-corrected chi connectivity index (χ2v) is 34.3. The number of cyclic esters (lactones) is 1. The first-order valence-electron chi connectivity index (χ1n) is 45.1. The third kappa shape index (κ3) is 27.8. The largest absolute Gasteiger partial charge is 0.459 e. The fourth-order valence-electron chi connectivity index (χ4n) is 17.5. The van der Waals surface area contributed by atoms with E-state index in [4.69, 9.17) is 83.6 Å². The molecule has 1 aliphatic carbocycles. The zero-order chi connectivity index (χ0) is 90.5. The lowest BCUT2D eigenvalue weighted by Gasteiger charge is -2.42. The van der Waals surface area contributed by atoms with Crippen molar-refractivity contribution in [2.75, 3.05) is 132 Å². The summed E-state index contributed by atoms with van der Waals surface area (Å²) < 4.78 is 79.8. The van der Waals surface area contributed by atoms with Gasteiger partial charge in [-0.3, -0.25) is 24.0 Å². The smallest absolute Gasteiger partial charge is 0.329 e. The van der Waals surface area contributed by atoms with Crippen LogP contribution in [0, 0.1) is 29.6 Å². The Balaban J connectivity index is 0.533. The van der Waals surface area contributed by atoms with Crippen LogP contribution in [0.25, 0.3) is 33.4 Å². The SMILES string of the molecule is CO[C@H]1C[C@@H]2CC[C@@H](C)[C@@](O)(O2)C(=O)C(=O)N2CCCC[C@H]2C(=O)O[C@H]([C@H](N)C[C@@H]2CC[C@@H](OCCCCc3cn(CCOCCOCCOCCOCCOCCOCCC(=O)N4CCc5cc(Cn6nc(-c7ccc8oc(N)nc8c7)c7c(N)ncnc76)ccc5C4)nn3)[C@H](OC)C2)CC(=O)[C@H](C)/C=C(\C)[C@@H](O)[C@@H](OC)C(=O)[C@H](C)C[C@H](C)/C=C/C=C/C=C/1C. The number of nitrogens with zero attached hydrogens (tertiary/aromatic N) is 10. The Morgan fingerprint density at radius 1 is 0.740 bits per heavy atom. The molecule has 2 saturated heterocycles. The number of carbonyl (C=O) groups excluding carboxylic acids is 6. The zero-order valence-corrected chi connectivity index (χ0v) is 75.3. The van der Waals surface area contributed by atoms with Gasteiger partial charge in [-0.25, -0.2) is 24.1 Å². The van der Waals surface area contributed by atoms with Gasteiger partial charge in [0.1, 0.15) is 53.5 Å². The molecule has 696 valence electrons.